The molecule has 0 unspecified atom stereocenters. The first-order valence-electron chi connectivity index (χ1n) is 7.62. The molecule has 0 aliphatic carbocycles. The second-order valence-corrected chi connectivity index (χ2v) is 5.98. The van der Waals surface area contributed by atoms with E-state index in [2.05, 4.69) is 20.4 Å². The Labute approximate surface area is 148 Å². The van der Waals surface area contributed by atoms with E-state index in [1.807, 2.05) is 19.1 Å². The van der Waals surface area contributed by atoms with Crippen molar-refractivity contribution in [2.45, 2.75) is 6.92 Å². The highest BCUT2D eigenvalue weighted by Gasteiger charge is 2.12. The number of nitrogens with zero attached hydrogens (tertiary/aromatic N) is 4. The van der Waals surface area contributed by atoms with E-state index in [0.717, 1.165) is 11.3 Å². The summed E-state index contributed by atoms with van der Waals surface area (Å²) in [4.78, 5) is 8.86. The summed E-state index contributed by atoms with van der Waals surface area (Å²) in [5, 5.41) is 8.19. The number of aromatic nitrogens is 4. The van der Waals surface area contributed by atoms with E-state index in [0.29, 0.717) is 28.1 Å². The van der Waals surface area contributed by atoms with Crippen molar-refractivity contribution >= 4 is 28.9 Å². The summed E-state index contributed by atoms with van der Waals surface area (Å²) in [5.41, 5.74) is 1.93. The molecule has 0 fully saturated rings. The standard InChI is InChI=1S/C18H13ClFN5/c1-11-10-16(22-15-5-3-2-4-14(15)20)25-18(21-11)23-17(24-25)12-6-8-13(19)9-7-12/h2-10,22H,1H3. The number of aryl methyl sites for hydroxylation is 1. The second kappa shape index (κ2) is 6.14. The van der Waals surface area contributed by atoms with Gasteiger partial charge in [-0.2, -0.15) is 9.50 Å². The average molecular weight is 354 g/mol. The van der Waals surface area contributed by atoms with Crippen molar-refractivity contribution in [2.75, 3.05) is 5.32 Å². The van der Waals surface area contributed by atoms with Gasteiger partial charge in [0.1, 0.15) is 11.6 Å². The summed E-state index contributed by atoms with van der Waals surface area (Å²) in [5.74, 6) is 1.19. The van der Waals surface area contributed by atoms with E-state index >= 15 is 0 Å². The molecule has 0 aliphatic heterocycles. The quantitative estimate of drug-likeness (QED) is 0.583. The lowest BCUT2D eigenvalue weighted by Gasteiger charge is -2.09. The molecule has 124 valence electrons. The van der Waals surface area contributed by atoms with Gasteiger partial charge in [-0.3, -0.25) is 0 Å². The molecule has 2 aromatic heterocycles. The van der Waals surface area contributed by atoms with Crippen LogP contribution < -0.4 is 5.32 Å². The summed E-state index contributed by atoms with van der Waals surface area (Å²) in [6.07, 6.45) is 0. The van der Waals surface area contributed by atoms with Crippen molar-refractivity contribution in [3.05, 3.63) is 71.1 Å². The van der Waals surface area contributed by atoms with Crippen LogP contribution in [0.4, 0.5) is 15.9 Å². The summed E-state index contributed by atoms with van der Waals surface area (Å²) in [6.45, 7) is 1.85. The Bertz CT molecular complexity index is 1060. The Morgan fingerprint density at radius 3 is 2.56 bits per heavy atom. The van der Waals surface area contributed by atoms with Gasteiger partial charge in [-0.25, -0.2) is 9.37 Å². The molecule has 0 amide bonds. The van der Waals surface area contributed by atoms with Crippen LogP contribution in [0.1, 0.15) is 5.69 Å². The third-order valence-corrected chi connectivity index (χ3v) is 3.93. The molecule has 7 heteroatoms. The van der Waals surface area contributed by atoms with Gasteiger partial charge in [0.2, 0.25) is 0 Å². The zero-order chi connectivity index (χ0) is 17.4. The first-order valence-corrected chi connectivity index (χ1v) is 8.00. The predicted molar refractivity (Wildman–Crippen MR) is 95.6 cm³/mol. The van der Waals surface area contributed by atoms with Gasteiger partial charge in [-0.1, -0.05) is 23.7 Å². The summed E-state index contributed by atoms with van der Waals surface area (Å²) in [6, 6.07) is 15.5. The maximum Gasteiger partial charge on any atom is 0.254 e. The van der Waals surface area contributed by atoms with Gasteiger partial charge in [0.15, 0.2) is 5.82 Å². The first kappa shape index (κ1) is 15.5. The molecule has 5 nitrogen and oxygen atoms in total. The molecule has 1 N–H and O–H groups in total. The number of para-hydroxylation sites is 1. The number of hydrogen-bond donors (Lipinski definition) is 1. The number of benzene rings is 2. The molecule has 25 heavy (non-hydrogen) atoms. The topological polar surface area (TPSA) is 55.1 Å². The molecule has 0 saturated heterocycles. The van der Waals surface area contributed by atoms with Crippen LogP contribution in [0, 0.1) is 12.7 Å². The number of fused-ring (bicyclic) bond motifs is 1. The minimum Gasteiger partial charge on any atom is -0.338 e. The van der Waals surface area contributed by atoms with Crippen LogP contribution in [0.25, 0.3) is 17.2 Å². The van der Waals surface area contributed by atoms with Gasteiger partial charge < -0.3 is 5.32 Å². The van der Waals surface area contributed by atoms with E-state index in [1.165, 1.54) is 6.07 Å². The molecule has 0 spiro atoms. The third kappa shape index (κ3) is 3.04. The number of nitrogens with one attached hydrogen (secondary N) is 1. The monoisotopic (exact) mass is 353 g/mol. The lowest BCUT2D eigenvalue weighted by Crippen LogP contribution is -2.03. The second-order valence-electron chi connectivity index (χ2n) is 5.54. The van der Waals surface area contributed by atoms with Gasteiger partial charge >= 0.3 is 0 Å². The maximum atomic E-state index is 13.9. The van der Waals surface area contributed by atoms with Crippen molar-refractivity contribution in [3.8, 4) is 11.4 Å². The summed E-state index contributed by atoms with van der Waals surface area (Å²) >= 11 is 5.93. The zero-order valence-electron chi connectivity index (χ0n) is 13.2. The largest absolute Gasteiger partial charge is 0.338 e. The van der Waals surface area contributed by atoms with Crippen molar-refractivity contribution in [1.29, 1.82) is 0 Å². The Morgan fingerprint density at radius 2 is 1.80 bits per heavy atom. The lowest BCUT2D eigenvalue weighted by molar-refractivity contribution is 0.631. The van der Waals surface area contributed by atoms with Crippen molar-refractivity contribution < 1.29 is 4.39 Å². The molecule has 0 radical (unpaired) electrons. The van der Waals surface area contributed by atoms with Gasteiger partial charge in [0.25, 0.3) is 5.78 Å². The maximum absolute atomic E-state index is 13.9. The fourth-order valence-corrected chi connectivity index (χ4v) is 2.62. The van der Waals surface area contributed by atoms with Crippen LogP contribution in [0.3, 0.4) is 0 Å². The van der Waals surface area contributed by atoms with Crippen LogP contribution in [0.15, 0.2) is 54.6 Å². The zero-order valence-corrected chi connectivity index (χ0v) is 14.0. The Morgan fingerprint density at radius 1 is 1.04 bits per heavy atom. The molecule has 4 aromatic rings. The summed E-state index contributed by atoms with van der Waals surface area (Å²) in [7, 11) is 0. The average Bonchev–Trinajstić information content (AvgIpc) is 3.01. The van der Waals surface area contributed by atoms with Crippen LogP contribution in [0.5, 0.6) is 0 Å². The van der Waals surface area contributed by atoms with Gasteiger partial charge in [-0.05, 0) is 43.3 Å². The van der Waals surface area contributed by atoms with Gasteiger partial charge in [0, 0.05) is 22.3 Å². The van der Waals surface area contributed by atoms with Crippen LogP contribution in [-0.2, 0) is 0 Å². The molecule has 0 saturated carbocycles. The van der Waals surface area contributed by atoms with Crippen molar-refractivity contribution in [1.82, 2.24) is 19.6 Å². The van der Waals surface area contributed by atoms with Crippen LogP contribution in [-0.4, -0.2) is 19.6 Å². The van der Waals surface area contributed by atoms with E-state index in [4.69, 9.17) is 11.6 Å². The molecular formula is C18H13ClFN5. The normalized spacial score (nSPS) is 11.0. The minimum absolute atomic E-state index is 0.344. The molecule has 0 aliphatic rings. The SMILES string of the molecule is Cc1cc(Nc2ccccc2F)n2nc(-c3ccc(Cl)cc3)nc2n1. The van der Waals surface area contributed by atoms with Crippen LogP contribution >= 0.6 is 11.6 Å². The van der Waals surface area contributed by atoms with Gasteiger partial charge in [-0.15, -0.1) is 5.10 Å². The Balaban J connectivity index is 1.82. The van der Waals surface area contributed by atoms with Crippen molar-refractivity contribution in [3.63, 3.8) is 0 Å². The highest BCUT2D eigenvalue weighted by Crippen LogP contribution is 2.23. The highest BCUT2D eigenvalue weighted by atomic mass is 35.5. The molecule has 0 atom stereocenters. The first-order chi connectivity index (χ1) is 12.1. The highest BCUT2D eigenvalue weighted by molar-refractivity contribution is 6.30. The number of halogens is 2. The predicted octanol–water partition coefficient (Wildman–Crippen LogP) is 4.64. The van der Waals surface area contributed by atoms with E-state index in [-0.39, 0.29) is 5.82 Å². The Kier molecular flexibility index (Phi) is 3.82. The van der Waals surface area contributed by atoms with E-state index < -0.39 is 0 Å². The molecule has 2 heterocycles. The van der Waals surface area contributed by atoms with E-state index in [1.54, 1.807) is 40.9 Å². The smallest absolute Gasteiger partial charge is 0.254 e. The molecule has 2 aromatic carbocycles. The van der Waals surface area contributed by atoms with E-state index in [9.17, 15) is 4.39 Å². The Hall–Kier alpha value is -2.99. The lowest BCUT2D eigenvalue weighted by atomic mass is 10.2. The fraction of sp³-hybridized carbons (Fsp3) is 0.0556. The molecule has 4 rings (SSSR count). The van der Waals surface area contributed by atoms with Crippen molar-refractivity contribution in [2.24, 2.45) is 0 Å². The number of rotatable bonds is 3. The van der Waals surface area contributed by atoms with Gasteiger partial charge in [0.05, 0.1) is 5.69 Å². The molecule has 0 bridgehead atoms. The molecular weight excluding hydrogens is 341 g/mol. The fourth-order valence-electron chi connectivity index (χ4n) is 2.50. The third-order valence-electron chi connectivity index (χ3n) is 3.68. The number of anilines is 2. The number of hydrogen-bond acceptors (Lipinski definition) is 4. The van der Waals surface area contributed by atoms with Crippen LogP contribution in [0.2, 0.25) is 5.02 Å². The minimum atomic E-state index is -0.344. The summed E-state index contributed by atoms with van der Waals surface area (Å²) < 4.78 is 15.5.